The zero-order chi connectivity index (χ0) is 32.0. The van der Waals surface area contributed by atoms with Gasteiger partial charge in [0.1, 0.15) is 17.5 Å². The first kappa shape index (κ1) is 34.2. The SMILES string of the molecule is C=NC(=C)/C(=C\C[C@H](C(C)Cl)n1cc(C(=O)NCc2c(C)cc(NC(=O)OC(C)(C)C)nc2C)c(C#N)n1)S(C)(=O)=O. The van der Waals surface area contributed by atoms with Crippen LogP contribution in [0, 0.1) is 25.2 Å². The molecule has 1 unspecified atom stereocenters. The molecule has 0 aromatic carbocycles. The van der Waals surface area contributed by atoms with E-state index in [-0.39, 0.29) is 34.8 Å². The minimum atomic E-state index is -3.65. The van der Waals surface area contributed by atoms with Crippen molar-refractivity contribution in [2.75, 3.05) is 11.6 Å². The van der Waals surface area contributed by atoms with Crippen LogP contribution in [0.3, 0.4) is 0 Å². The normalized spacial score (nSPS) is 13.5. The molecule has 2 rings (SSSR count). The van der Waals surface area contributed by atoms with Crippen LogP contribution in [0.2, 0.25) is 0 Å². The Hall–Kier alpha value is -4.02. The number of carbonyl (C=O) groups is 2. The number of amides is 2. The number of allylic oxidation sites excluding steroid dienone is 1. The molecule has 2 atom stereocenters. The number of sulfone groups is 1. The average Bonchev–Trinajstić information content (AvgIpc) is 3.27. The number of halogens is 1. The first-order valence-electron chi connectivity index (χ1n) is 12.8. The molecule has 2 aromatic heterocycles. The van der Waals surface area contributed by atoms with Gasteiger partial charge in [0.2, 0.25) is 0 Å². The molecular formula is C28H36ClN7O5S. The van der Waals surface area contributed by atoms with E-state index in [1.807, 2.05) is 13.0 Å². The minimum absolute atomic E-state index is 0.00884. The highest BCUT2D eigenvalue weighted by atomic mass is 35.5. The number of carbonyl (C=O) groups excluding carboxylic acids is 2. The van der Waals surface area contributed by atoms with Crippen LogP contribution in [0.4, 0.5) is 10.6 Å². The van der Waals surface area contributed by atoms with E-state index in [0.717, 1.165) is 17.4 Å². The van der Waals surface area contributed by atoms with Crippen LogP contribution in [0.15, 0.2) is 40.5 Å². The molecule has 0 aliphatic heterocycles. The van der Waals surface area contributed by atoms with Gasteiger partial charge >= 0.3 is 6.09 Å². The second-order valence-electron chi connectivity index (χ2n) is 10.6. The maximum atomic E-state index is 13.1. The number of pyridine rings is 1. The standard InChI is InChI=1S/C28H36ClN7O5S/c1-16-12-25(34-27(38)41-28(5,6)7)33-18(3)20(16)14-32-26(37)21-15-36(35-22(21)13-30)23(17(2)29)10-11-24(19(4)31-8)42(9,39)40/h11-12,15,17,23H,4,8,10,14H2,1-3,5-7,9H3,(H,32,37)(H,33,34,38)/b24-11+/t17?,23-/m1/s1. The van der Waals surface area contributed by atoms with E-state index < -0.39 is 38.9 Å². The molecule has 2 N–H and O–H groups in total. The zero-order valence-electron chi connectivity index (χ0n) is 24.8. The van der Waals surface area contributed by atoms with Crippen molar-refractivity contribution in [3.8, 4) is 6.07 Å². The molecular weight excluding hydrogens is 582 g/mol. The maximum absolute atomic E-state index is 13.1. The third-order valence-corrected chi connectivity index (χ3v) is 7.47. The van der Waals surface area contributed by atoms with Gasteiger partial charge in [0.05, 0.1) is 27.6 Å². The van der Waals surface area contributed by atoms with Crippen molar-refractivity contribution in [3.63, 3.8) is 0 Å². The van der Waals surface area contributed by atoms with Crippen molar-refractivity contribution in [1.82, 2.24) is 20.1 Å². The molecule has 12 nitrogen and oxygen atoms in total. The van der Waals surface area contributed by atoms with Gasteiger partial charge in [-0.3, -0.25) is 19.8 Å². The second kappa shape index (κ2) is 13.8. The van der Waals surface area contributed by atoms with Gasteiger partial charge in [-0.25, -0.2) is 18.2 Å². The van der Waals surface area contributed by atoms with E-state index >= 15 is 0 Å². The number of rotatable bonds is 11. The summed E-state index contributed by atoms with van der Waals surface area (Å²) in [5.74, 6) is -0.241. The molecule has 14 heteroatoms. The van der Waals surface area contributed by atoms with Gasteiger partial charge in [-0.05, 0) is 71.9 Å². The number of nitrogens with one attached hydrogen (secondary N) is 2. The van der Waals surface area contributed by atoms with Gasteiger partial charge in [0.25, 0.3) is 5.91 Å². The molecule has 226 valence electrons. The number of aromatic nitrogens is 3. The van der Waals surface area contributed by atoms with Crippen molar-refractivity contribution in [1.29, 1.82) is 5.26 Å². The number of anilines is 1. The Balaban J connectivity index is 2.27. The molecule has 2 aromatic rings. The molecule has 0 fully saturated rings. The molecule has 2 heterocycles. The number of aliphatic imine (C=N–C) groups is 1. The van der Waals surface area contributed by atoms with Crippen LogP contribution in [-0.4, -0.2) is 59.1 Å². The number of aryl methyl sites for hydroxylation is 2. The van der Waals surface area contributed by atoms with Gasteiger partial charge in [-0.15, -0.1) is 11.6 Å². The van der Waals surface area contributed by atoms with Crippen molar-refractivity contribution in [3.05, 3.63) is 63.6 Å². The van der Waals surface area contributed by atoms with Gasteiger partial charge in [-0.2, -0.15) is 10.4 Å². The molecule has 0 saturated carbocycles. The molecule has 0 aliphatic carbocycles. The summed E-state index contributed by atoms with van der Waals surface area (Å²) < 4.78 is 31.0. The first-order chi connectivity index (χ1) is 19.4. The van der Waals surface area contributed by atoms with Crippen molar-refractivity contribution in [2.45, 2.75) is 71.5 Å². The largest absolute Gasteiger partial charge is 0.444 e. The number of alkyl halides is 1. The summed E-state index contributed by atoms with van der Waals surface area (Å²) in [5, 5.41) is 18.7. The molecule has 42 heavy (non-hydrogen) atoms. The van der Waals surface area contributed by atoms with Gasteiger partial charge < -0.3 is 10.1 Å². The summed E-state index contributed by atoms with van der Waals surface area (Å²) in [6.07, 6.45) is 3.32. The van der Waals surface area contributed by atoms with E-state index in [2.05, 4.69) is 39.0 Å². The molecule has 2 amide bonds. The summed E-state index contributed by atoms with van der Waals surface area (Å²) in [7, 11) is -3.65. The van der Waals surface area contributed by atoms with Crippen LogP contribution in [-0.2, 0) is 21.1 Å². The molecule has 0 saturated heterocycles. The van der Waals surface area contributed by atoms with E-state index in [1.54, 1.807) is 40.7 Å². The van der Waals surface area contributed by atoms with Crippen molar-refractivity contribution < 1.29 is 22.7 Å². The Morgan fingerprint density at radius 3 is 2.48 bits per heavy atom. The lowest BCUT2D eigenvalue weighted by Gasteiger charge is -2.20. The van der Waals surface area contributed by atoms with Gasteiger partial charge in [0, 0.05) is 24.7 Å². The first-order valence-corrected chi connectivity index (χ1v) is 15.2. The highest BCUT2D eigenvalue weighted by Gasteiger charge is 2.25. The smallest absolute Gasteiger partial charge is 0.413 e. The molecule has 0 radical (unpaired) electrons. The monoisotopic (exact) mass is 617 g/mol. The van der Waals surface area contributed by atoms with Crippen LogP contribution in [0.1, 0.15) is 73.0 Å². The van der Waals surface area contributed by atoms with Crippen LogP contribution in [0.25, 0.3) is 0 Å². The quantitative estimate of drug-likeness (QED) is 0.207. The maximum Gasteiger partial charge on any atom is 0.413 e. The number of nitriles is 1. The molecule has 0 spiro atoms. The number of hydrogen-bond acceptors (Lipinski definition) is 9. The summed E-state index contributed by atoms with van der Waals surface area (Å²) in [6, 6.07) is 2.98. The fraction of sp³-hybridized carbons (Fsp3) is 0.429. The van der Waals surface area contributed by atoms with Gasteiger partial charge in [-0.1, -0.05) is 12.7 Å². The third kappa shape index (κ3) is 9.25. The summed E-state index contributed by atoms with van der Waals surface area (Å²) >= 11 is 6.40. The summed E-state index contributed by atoms with van der Waals surface area (Å²) in [6.45, 7) is 17.6. The highest BCUT2D eigenvalue weighted by Crippen LogP contribution is 2.26. The lowest BCUT2D eigenvalue weighted by Crippen LogP contribution is -2.28. The van der Waals surface area contributed by atoms with E-state index in [9.17, 15) is 23.3 Å². The highest BCUT2D eigenvalue weighted by molar-refractivity contribution is 7.94. The van der Waals surface area contributed by atoms with Crippen LogP contribution in [0.5, 0.6) is 0 Å². The Bertz CT molecular complexity index is 1540. The van der Waals surface area contributed by atoms with Crippen molar-refractivity contribution in [2.24, 2.45) is 4.99 Å². The lowest BCUT2D eigenvalue weighted by molar-refractivity contribution is 0.0635. The van der Waals surface area contributed by atoms with Crippen molar-refractivity contribution >= 4 is 46.0 Å². The third-order valence-electron chi connectivity index (χ3n) is 5.98. The number of nitrogens with zero attached hydrogens (tertiary/aromatic N) is 5. The van der Waals surface area contributed by atoms with Gasteiger partial charge in [0.15, 0.2) is 15.5 Å². The average molecular weight is 618 g/mol. The van der Waals surface area contributed by atoms with Crippen LogP contribution >= 0.6 is 11.6 Å². The predicted octanol–water partition coefficient (Wildman–Crippen LogP) is 4.74. The number of hydrogen-bond donors (Lipinski definition) is 2. The Kier molecular flexibility index (Phi) is 11.2. The fourth-order valence-corrected chi connectivity index (χ4v) is 5.08. The topological polar surface area (TPSA) is 168 Å². The molecule has 0 aliphatic rings. The lowest BCUT2D eigenvalue weighted by atomic mass is 10.1. The zero-order valence-corrected chi connectivity index (χ0v) is 26.4. The van der Waals surface area contributed by atoms with E-state index in [1.165, 1.54) is 17.0 Å². The second-order valence-corrected chi connectivity index (χ2v) is 13.3. The van der Waals surface area contributed by atoms with Crippen LogP contribution < -0.4 is 10.6 Å². The Morgan fingerprint density at radius 2 is 1.98 bits per heavy atom. The minimum Gasteiger partial charge on any atom is -0.444 e. The molecule has 0 bridgehead atoms. The summed E-state index contributed by atoms with van der Waals surface area (Å²) in [5.41, 5.74) is 1.31. The fourth-order valence-electron chi connectivity index (χ4n) is 3.97. The summed E-state index contributed by atoms with van der Waals surface area (Å²) in [4.78, 5) is 33.2. The predicted molar refractivity (Wildman–Crippen MR) is 162 cm³/mol. The Labute approximate surface area is 251 Å². The van der Waals surface area contributed by atoms with E-state index in [4.69, 9.17) is 16.3 Å². The Morgan fingerprint density at radius 1 is 1.33 bits per heavy atom. The number of ether oxygens (including phenoxy) is 1. The van der Waals surface area contributed by atoms with E-state index in [0.29, 0.717) is 11.5 Å².